The second kappa shape index (κ2) is 6.51. The summed E-state index contributed by atoms with van der Waals surface area (Å²) in [7, 11) is 0. The van der Waals surface area contributed by atoms with E-state index < -0.39 is 0 Å². The van der Waals surface area contributed by atoms with Crippen LogP contribution in [-0.2, 0) is 13.1 Å². The molecular weight excluding hydrogens is 294 g/mol. The Bertz CT molecular complexity index is 873. The summed E-state index contributed by atoms with van der Waals surface area (Å²) < 4.78 is 2.31. The molecule has 1 fully saturated rings. The summed E-state index contributed by atoms with van der Waals surface area (Å²) in [6, 6.07) is 21.0. The van der Waals surface area contributed by atoms with Gasteiger partial charge in [-0.05, 0) is 48.0 Å². The molecule has 4 rings (SSSR count). The molecule has 0 N–H and O–H groups in total. The van der Waals surface area contributed by atoms with Crippen molar-refractivity contribution in [2.75, 3.05) is 13.1 Å². The van der Waals surface area contributed by atoms with E-state index in [9.17, 15) is 0 Å². The molecule has 24 heavy (non-hydrogen) atoms. The molecule has 0 spiro atoms. The van der Waals surface area contributed by atoms with Gasteiger partial charge >= 0.3 is 0 Å². The quantitative estimate of drug-likeness (QED) is 0.728. The van der Waals surface area contributed by atoms with Crippen LogP contribution in [0.15, 0.2) is 60.8 Å². The van der Waals surface area contributed by atoms with Gasteiger partial charge in [0.2, 0.25) is 0 Å². The van der Waals surface area contributed by atoms with Crippen LogP contribution in [0, 0.1) is 17.2 Å². The fraction of sp³-hybridized carbons (Fsp3) is 0.286. The van der Waals surface area contributed by atoms with Crippen molar-refractivity contribution < 1.29 is 0 Å². The fourth-order valence-corrected chi connectivity index (χ4v) is 3.74. The molecule has 3 nitrogen and oxygen atoms in total. The molecule has 0 radical (unpaired) electrons. The third-order valence-electron chi connectivity index (χ3n) is 4.98. The van der Waals surface area contributed by atoms with Gasteiger partial charge in [-0.3, -0.25) is 4.90 Å². The van der Waals surface area contributed by atoms with Gasteiger partial charge in [-0.15, -0.1) is 0 Å². The first kappa shape index (κ1) is 15.0. The van der Waals surface area contributed by atoms with Crippen molar-refractivity contribution >= 4 is 10.9 Å². The molecule has 3 heteroatoms. The first-order valence-electron chi connectivity index (χ1n) is 8.57. The predicted molar refractivity (Wildman–Crippen MR) is 96.5 cm³/mol. The molecule has 3 aromatic rings. The van der Waals surface area contributed by atoms with Crippen molar-refractivity contribution in [2.45, 2.75) is 19.5 Å². The minimum atomic E-state index is 0.676. The summed E-state index contributed by atoms with van der Waals surface area (Å²) in [5, 5.41) is 10.3. The van der Waals surface area contributed by atoms with Crippen molar-refractivity contribution in [2.24, 2.45) is 5.92 Å². The van der Waals surface area contributed by atoms with Crippen molar-refractivity contribution in [3.63, 3.8) is 0 Å². The highest BCUT2D eigenvalue weighted by Crippen LogP contribution is 2.24. The maximum Gasteiger partial charge on any atom is 0.0992 e. The number of rotatable bonds is 4. The van der Waals surface area contributed by atoms with Gasteiger partial charge < -0.3 is 4.57 Å². The lowest BCUT2D eigenvalue weighted by Crippen LogP contribution is -2.21. The Morgan fingerprint density at radius 3 is 2.79 bits per heavy atom. The smallest absolute Gasteiger partial charge is 0.0992 e. The summed E-state index contributed by atoms with van der Waals surface area (Å²) in [4.78, 5) is 2.55. The first-order chi connectivity index (χ1) is 11.8. The Hall–Kier alpha value is -2.57. The minimum absolute atomic E-state index is 0.676. The number of aromatic nitrogens is 1. The van der Waals surface area contributed by atoms with Crippen molar-refractivity contribution in [1.82, 2.24) is 9.47 Å². The Labute approximate surface area is 142 Å². The average Bonchev–Trinajstić information content (AvgIpc) is 3.23. The second-order valence-electron chi connectivity index (χ2n) is 6.73. The van der Waals surface area contributed by atoms with E-state index in [-0.39, 0.29) is 0 Å². The van der Waals surface area contributed by atoms with Gasteiger partial charge in [0.15, 0.2) is 0 Å². The van der Waals surface area contributed by atoms with E-state index >= 15 is 0 Å². The monoisotopic (exact) mass is 315 g/mol. The third-order valence-corrected chi connectivity index (χ3v) is 4.98. The van der Waals surface area contributed by atoms with Gasteiger partial charge in [-0.25, -0.2) is 0 Å². The molecule has 1 aliphatic heterocycles. The molecule has 1 aromatic heterocycles. The molecule has 0 aliphatic carbocycles. The zero-order valence-corrected chi connectivity index (χ0v) is 13.7. The molecule has 1 unspecified atom stereocenters. The van der Waals surface area contributed by atoms with E-state index in [2.05, 4.69) is 58.1 Å². The molecule has 1 atom stereocenters. The number of nitriles is 1. The normalized spacial score (nSPS) is 18.0. The van der Waals surface area contributed by atoms with Crippen LogP contribution in [0.4, 0.5) is 0 Å². The third kappa shape index (κ3) is 3.06. The molecule has 1 saturated heterocycles. The lowest BCUT2D eigenvalue weighted by molar-refractivity contribution is 0.310. The van der Waals surface area contributed by atoms with Gasteiger partial charge in [0.05, 0.1) is 11.6 Å². The Kier molecular flexibility index (Phi) is 4.06. The predicted octanol–water partition coefficient (Wildman–Crippen LogP) is 4.04. The van der Waals surface area contributed by atoms with Crippen LogP contribution in [0.25, 0.3) is 10.9 Å². The van der Waals surface area contributed by atoms with Crippen LogP contribution in [0.2, 0.25) is 0 Å². The molecular formula is C21H21N3. The van der Waals surface area contributed by atoms with Gasteiger partial charge in [-0.1, -0.05) is 36.4 Å². The molecule has 120 valence electrons. The van der Waals surface area contributed by atoms with E-state index in [0.29, 0.717) is 5.92 Å². The highest BCUT2D eigenvalue weighted by Gasteiger charge is 2.23. The maximum absolute atomic E-state index is 9.12. The summed E-state index contributed by atoms with van der Waals surface area (Å²) >= 11 is 0. The van der Waals surface area contributed by atoms with Crippen molar-refractivity contribution in [3.05, 3.63) is 71.9 Å². The van der Waals surface area contributed by atoms with Crippen LogP contribution >= 0.6 is 0 Å². The highest BCUT2D eigenvalue weighted by molar-refractivity contribution is 5.81. The van der Waals surface area contributed by atoms with Crippen LogP contribution < -0.4 is 0 Å². The number of fused-ring (bicyclic) bond motifs is 1. The largest absolute Gasteiger partial charge is 0.347 e. The Morgan fingerprint density at radius 2 is 1.96 bits per heavy atom. The van der Waals surface area contributed by atoms with E-state index in [4.69, 9.17) is 5.26 Å². The van der Waals surface area contributed by atoms with Gasteiger partial charge in [0.25, 0.3) is 0 Å². The molecule has 0 bridgehead atoms. The van der Waals surface area contributed by atoms with Gasteiger partial charge in [0.1, 0.15) is 0 Å². The van der Waals surface area contributed by atoms with Crippen LogP contribution in [-0.4, -0.2) is 22.6 Å². The SMILES string of the molecule is N#Cc1ccc2ccn(CC3CCN(Cc4ccccc4)C3)c2c1. The summed E-state index contributed by atoms with van der Waals surface area (Å²) in [5.74, 6) is 0.676. The van der Waals surface area contributed by atoms with Crippen LogP contribution in [0.5, 0.6) is 0 Å². The van der Waals surface area contributed by atoms with E-state index in [1.807, 2.05) is 18.2 Å². The fourth-order valence-electron chi connectivity index (χ4n) is 3.74. The molecule has 1 aliphatic rings. The van der Waals surface area contributed by atoms with Gasteiger partial charge in [0, 0.05) is 31.3 Å². The van der Waals surface area contributed by atoms with Crippen LogP contribution in [0.1, 0.15) is 17.5 Å². The topological polar surface area (TPSA) is 32.0 Å². The zero-order chi connectivity index (χ0) is 16.4. The highest BCUT2D eigenvalue weighted by atomic mass is 15.2. The lowest BCUT2D eigenvalue weighted by Gasteiger charge is -2.17. The molecule has 2 aromatic carbocycles. The van der Waals surface area contributed by atoms with E-state index in [0.717, 1.165) is 25.2 Å². The zero-order valence-electron chi connectivity index (χ0n) is 13.7. The number of nitrogens with zero attached hydrogens (tertiary/aromatic N) is 3. The van der Waals surface area contributed by atoms with Crippen LogP contribution in [0.3, 0.4) is 0 Å². The van der Waals surface area contributed by atoms with Gasteiger partial charge in [-0.2, -0.15) is 5.26 Å². The van der Waals surface area contributed by atoms with E-state index in [1.54, 1.807) is 0 Å². The minimum Gasteiger partial charge on any atom is -0.347 e. The number of likely N-dealkylation sites (tertiary alicyclic amines) is 1. The first-order valence-corrected chi connectivity index (χ1v) is 8.57. The number of benzene rings is 2. The summed E-state index contributed by atoms with van der Waals surface area (Å²) in [6.07, 6.45) is 3.40. The molecule has 0 amide bonds. The standard InChI is InChI=1S/C21H21N3/c22-13-18-6-7-20-9-11-24(21(20)12-18)16-19-8-10-23(15-19)14-17-4-2-1-3-5-17/h1-7,9,11-12,19H,8,10,14-16H2. The second-order valence-corrected chi connectivity index (χ2v) is 6.73. The number of hydrogen-bond donors (Lipinski definition) is 0. The van der Waals surface area contributed by atoms with Crippen molar-refractivity contribution in [3.8, 4) is 6.07 Å². The van der Waals surface area contributed by atoms with E-state index in [1.165, 1.54) is 29.4 Å². The lowest BCUT2D eigenvalue weighted by atomic mass is 10.1. The average molecular weight is 315 g/mol. The summed E-state index contributed by atoms with van der Waals surface area (Å²) in [6.45, 7) is 4.39. The summed E-state index contributed by atoms with van der Waals surface area (Å²) in [5.41, 5.74) is 3.30. The Balaban J connectivity index is 1.44. The molecule has 0 saturated carbocycles. The maximum atomic E-state index is 9.12. The van der Waals surface area contributed by atoms with Crippen molar-refractivity contribution in [1.29, 1.82) is 5.26 Å². The Morgan fingerprint density at radius 1 is 1.08 bits per heavy atom. The number of hydrogen-bond acceptors (Lipinski definition) is 2. The molecule has 2 heterocycles.